The van der Waals surface area contributed by atoms with Crippen LogP contribution in [0, 0.1) is 0 Å². The Morgan fingerprint density at radius 1 is 0.682 bits per heavy atom. The van der Waals surface area contributed by atoms with Crippen molar-refractivity contribution in [3.8, 4) is 0 Å². The van der Waals surface area contributed by atoms with Gasteiger partial charge in [0.05, 0.1) is 19.6 Å². The molecule has 0 bridgehead atoms. The van der Waals surface area contributed by atoms with Crippen LogP contribution >= 0.6 is 0 Å². The molecule has 0 unspecified atom stereocenters. The molecule has 1 aromatic carbocycles. The fourth-order valence-corrected chi connectivity index (χ4v) is 3.33. The van der Waals surface area contributed by atoms with Gasteiger partial charge < -0.3 is 17.0 Å². The highest BCUT2D eigenvalue weighted by atomic mass is 79.9. The van der Waals surface area contributed by atoms with Crippen molar-refractivity contribution in [1.82, 2.24) is 4.48 Å². The van der Waals surface area contributed by atoms with E-state index in [2.05, 4.69) is 51.1 Å². The molecule has 1 nitrogen and oxygen atoms in total. The monoisotopic (exact) mass is 369 g/mol. The zero-order valence-corrected chi connectivity index (χ0v) is 16.6. The topological polar surface area (TPSA) is 0 Å². The summed E-state index contributed by atoms with van der Waals surface area (Å²) in [6.45, 7) is 10.7. The van der Waals surface area contributed by atoms with Gasteiger partial charge in [0.1, 0.15) is 5.69 Å². The number of para-hydroxylation sites is 1. The molecule has 128 valence electrons. The second-order valence-electron chi connectivity index (χ2n) is 6.31. The quantitative estimate of drug-likeness (QED) is 0.392. The second-order valence-corrected chi connectivity index (χ2v) is 6.31. The molecule has 1 rings (SSSR count). The van der Waals surface area contributed by atoms with Crippen molar-refractivity contribution < 1.29 is 17.0 Å². The van der Waals surface area contributed by atoms with Gasteiger partial charge in [-0.1, -0.05) is 63.6 Å². The summed E-state index contributed by atoms with van der Waals surface area (Å²) in [6.07, 6.45) is 11.3. The molecule has 0 N–H and O–H groups in total. The van der Waals surface area contributed by atoms with Crippen LogP contribution in [0.3, 0.4) is 0 Å². The maximum atomic E-state index is 2.33. The minimum absolute atomic E-state index is 0. The summed E-state index contributed by atoms with van der Waals surface area (Å²) in [5, 5.41) is 0. The van der Waals surface area contributed by atoms with E-state index in [-0.39, 0.29) is 17.0 Å². The molecule has 22 heavy (non-hydrogen) atoms. The first-order valence-electron chi connectivity index (χ1n) is 9.20. The van der Waals surface area contributed by atoms with Gasteiger partial charge in [-0.25, -0.2) is 0 Å². The number of benzene rings is 1. The standard InChI is InChI=1S/C20H36N.BrH/c1-4-7-8-9-10-11-12-16-19-21(5-2,6-3)20-17-14-13-15-18-20;/h13-15,17-18H,4-12,16,19H2,1-3H3;1H/q+1;/p-1. The van der Waals surface area contributed by atoms with E-state index in [0.717, 1.165) is 4.48 Å². The van der Waals surface area contributed by atoms with Crippen LogP contribution in [0.5, 0.6) is 0 Å². The molecule has 0 aromatic heterocycles. The van der Waals surface area contributed by atoms with Crippen molar-refractivity contribution in [3.63, 3.8) is 0 Å². The van der Waals surface area contributed by atoms with Crippen LogP contribution in [-0.2, 0) is 0 Å². The van der Waals surface area contributed by atoms with E-state index < -0.39 is 0 Å². The molecule has 0 amide bonds. The summed E-state index contributed by atoms with van der Waals surface area (Å²) < 4.78 is 1.15. The summed E-state index contributed by atoms with van der Waals surface area (Å²) in [4.78, 5) is 0. The summed E-state index contributed by atoms with van der Waals surface area (Å²) in [7, 11) is 0. The Hall–Kier alpha value is -0.340. The third kappa shape index (κ3) is 7.28. The van der Waals surface area contributed by atoms with Gasteiger partial charge in [-0.05, 0) is 38.8 Å². The average molecular weight is 370 g/mol. The first-order chi connectivity index (χ1) is 10.3. The van der Waals surface area contributed by atoms with E-state index in [9.17, 15) is 0 Å². The molecule has 0 aliphatic rings. The molecule has 0 atom stereocenters. The lowest BCUT2D eigenvalue weighted by molar-refractivity contribution is -0.00000461. The van der Waals surface area contributed by atoms with E-state index in [1.54, 1.807) is 0 Å². The van der Waals surface area contributed by atoms with Gasteiger partial charge in [0.2, 0.25) is 0 Å². The molecule has 0 spiro atoms. The van der Waals surface area contributed by atoms with Gasteiger partial charge in [-0.15, -0.1) is 0 Å². The first kappa shape index (κ1) is 21.7. The highest BCUT2D eigenvalue weighted by Crippen LogP contribution is 2.23. The zero-order chi connectivity index (χ0) is 15.4. The molecule has 0 aliphatic heterocycles. The summed E-state index contributed by atoms with van der Waals surface area (Å²) in [5.41, 5.74) is 1.49. The van der Waals surface area contributed by atoms with E-state index in [0.29, 0.717) is 0 Å². The van der Waals surface area contributed by atoms with Crippen molar-refractivity contribution in [2.45, 2.75) is 72.1 Å². The Labute approximate surface area is 149 Å². The maximum absolute atomic E-state index is 2.33. The van der Waals surface area contributed by atoms with Crippen LogP contribution in [0.25, 0.3) is 0 Å². The molecule has 0 radical (unpaired) electrons. The van der Waals surface area contributed by atoms with Crippen molar-refractivity contribution in [3.05, 3.63) is 30.3 Å². The smallest absolute Gasteiger partial charge is 0.132 e. The minimum Gasteiger partial charge on any atom is -1.00 e. The van der Waals surface area contributed by atoms with Crippen molar-refractivity contribution >= 4 is 5.69 Å². The van der Waals surface area contributed by atoms with Crippen molar-refractivity contribution in [2.24, 2.45) is 0 Å². The minimum atomic E-state index is 0. The Bertz CT molecular complexity index is 346. The first-order valence-corrected chi connectivity index (χ1v) is 9.20. The molecule has 0 aliphatic carbocycles. The number of rotatable bonds is 12. The van der Waals surface area contributed by atoms with Crippen LogP contribution < -0.4 is 21.5 Å². The van der Waals surface area contributed by atoms with E-state index in [1.807, 2.05) is 0 Å². The molecule has 0 saturated carbocycles. The summed E-state index contributed by atoms with van der Waals surface area (Å²) >= 11 is 0. The Balaban J connectivity index is 0.00000441. The van der Waals surface area contributed by atoms with Crippen LogP contribution in [0.4, 0.5) is 5.69 Å². The van der Waals surface area contributed by atoms with E-state index >= 15 is 0 Å². The molecular formula is C20H36BrN. The number of hydrogen-bond donors (Lipinski definition) is 0. The number of nitrogens with zero attached hydrogens (tertiary/aromatic N) is 1. The highest BCUT2D eigenvalue weighted by Gasteiger charge is 2.25. The predicted octanol–water partition coefficient (Wildman–Crippen LogP) is 3.18. The van der Waals surface area contributed by atoms with Gasteiger partial charge in [0, 0.05) is 0 Å². The summed E-state index contributed by atoms with van der Waals surface area (Å²) in [6, 6.07) is 11.1. The lowest BCUT2D eigenvalue weighted by Gasteiger charge is -2.36. The van der Waals surface area contributed by atoms with Crippen molar-refractivity contribution in [1.29, 1.82) is 0 Å². The van der Waals surface area contributed by atoms with Crippen LogP contribution in [-0.4, -0.2) is 19.6 Å². The van der Waals surface area contributed by atoms with Gasteiger partial charge >= 0.3 is 0 Å². The third-order valence-electron chi connectivity index (χ3n) is 4.95. The van der Waals surface area contributed by atoms with E-state index in [4.69, 9.17) is 0 Å². The van der Waals surface area contributed by atoms with Gasteiger partial charge in [0.25, 0.3) is 0 Å². The molecule has 1 aromatic rings. The normalized spacial score (nSPS) is 11.2. The lowest BCUT2D eigenvalue weighted by atomic mass is 10.1. The number of halogens is 1. The lowest BCUT2D eigenvalue weighted by Crippen LogP contribution is -3.00. The Morgan fingerprint density at radius 3 is 1.68 bits per heavy atom. The maximum Gasteiger partial charge on any atom is 0.132 e. The Kier molecular flexibility index (Phi) is 12.9. The molecule has 0 saturated heterocycles. The predicted molar refractivity (Wildman–Crippen MR) is 96.8 cm³/mol. The van der Waals surface area contributed by atoms with Crippen molar-refractivity contribution in [2.75, 3.05) is 19.6 Å². The largest absolute Gasteiger partial charge is 1.00 e. The fraction of sp³-hybridized carbons (Fsp3) is 0.700. The fourth-order valence-electron chi connectivity index (χ4n) is 3.33. The number of quaternary nitrogens is 1. The average Bonchev–Trinajstić information content (AvgIpc) is 2.55. The molecular weight excluding hydrogens is 334 g/mol. The van der Waals surface area contributed by atoms with E-state index in [1.165, 1.54) is 76.7 Å². The number of hydrogen-bond acceptors (Lipinski definition) is 0. The number of unbranched alkanes of at least 4 members (excludes halogenated alkanes) is 7. The molecule has 0 fully saturated rings. The van der Waals surface area contributed by atoms with Gasteiger partial charge in [0.15, 0.2) is 0 Å². The van der Waals surface area contributed by atoms with Crippen LogP contribution in [0.15, 0.2) is 30.3 Å². The molecule has 2 heteroatoms. The van der Waals surface area contributed by atoms with Gasteiger partial charge in [-0.2, -0.15) is 0 Å². The second kappa shape index (κ2) is 13.1. The van der Waals surface area contributed by atoms with Gasteiger partial charge in [-0.3, -0.25) is 4.48 Å². The third-order valence-corrected chi connectivity index (χ3v) is 4.95. The molecule has 0 heterocycles. The highest BCUT2D eigenvalue weighted by molar-refractivity contribution is 5.42. The Morgan fingerprint density at radius 2 is 1.18 bits per heavy atom. The summed E-state index contributed by atoms with van der Waals surface area (Å²) in [5.74, 6) is 0. The van der Waals surface area contributed by atoms with Crippen LogP contribution in [0.2, 0.25) is 0 Å². The zero-order valence-electron chi connectivity index (χ0n) is 15.0. The van der Waals surface area contributed by atoms with Crippen LogP contribution in [0.1, 0.15) is 72.1 Å². The SMILES string of the molecule is CCCCCCCCCC[N+](CC)(CC)c1ccccc1.[Br-].